The maximum absolute atomic E-state index is 8.25. The summed E-state index contributed by atoms with van der Waals surface area (Å²) in [7, 11) is 0. The second-order valence-corrected chi connectivity index (χ2v) is 0.305. The van der Waals surface area contributed by atoms with Gasteiger partial charge in [-0.05, 0) is 0 Å². The predicted molar refractivity (Wildman–Crippen MR) is 25.6 cm³/mol. The molecule has 9 heavy (non-hydrogen) atoms. The molecule has 0 aromatic heterocycles. The van der Waals surface area contributed by atoms with Gasteiger partial charge in [0.25, 0.3) is 0 Å². The van der Waals surface area contributed by atoms with E-state index in [4.69, 9.17) is 25.4 Å². The Labute approximate surface area is 78.8 Å². The summed E-state index contributed by atoms with van der Waals surface area (Å²) in [5, 5.41) is 22.6. The van der Waals surface area contributed by atoms with E-state index in [1.807, 2.05) is 0 Å². The molecule has 0 amide bonds. The zero-order valence-corrected chi connectivity index (χ0v) is 6.34. The van der Waals surface area contributed by atoms with Crippen LogP contribution in [0, 0.1) is 20.2 Å². The van der Waals surface area contributed by atoms with Crippen molar-refractivity contribution in [3.63, 3.8) is 0 Å². The number of nitrogens with zero attached hydrogens (tertiary/aromatic N) is 2. The van der Waals surface area contributed by atoms with Crippen molar-refractivity contribution in [2.75, 3.05) is 0 Å². The molecule has 0 aliphatic heterocycles. The van der Waals surface area contributed by atoms with Crippen LogP contribution in [0.25, 0.3) is 0 Å². The van der Waals surface area contributed by atoms with Crippen LogP contribution in [0.1, 0.15) is 0 Å². The first kappa shape index (κ1) is 23.2. The van der Waals surface area contributed by atoms with Gasteiger partial charge in [-0.3, -0.25) is 0 Å². The molecule has 0 unspecified atom stereocenters. The molecule has 0 bridgehead atoms. The fourth-order valence-corrected chi connectivity index (χ4v) is 0. The summed E-state index contributed by atoms with van der Waals surface area (Å²) in [5.74, 6) is 0. The van der Waals surface area contributed by atoms with Crippen LogP contribution in [0.2, 0.25) is 0 Å². The average molecular weight is 166 g/mol. The van der Waals surface area contributed by atoms with Crippen LogP contribution in [-0.4, -0.2) is 53.5 Å². The first-order valence-electron chi connectivity index (χ1n) is 0.930. The molecule has 0 aliphatic carbocycles. The molecular weight excluding hydrogens is 164 g/mol. The molecule has 0 fully saturated rings. The van der Waals surface area contributed by atoms with Gasteiger partial charge >= 0.3 is 37.7 Å². The molecule has 8 nitrogen and oxygen atoms in total. The molecule has 0 atom stereocenters. The second kappa shape index (κ2) is 24.9. The van der Waals surface area contributed by atoms with Gasteiger partial charge in [0.15, 0.2) is 5.34 Å². The average Bonchev–Trinajstić information content (AvgIpc) is 1.33. The summed E-state index contributed by atoms with van der Waals surface area (Å²) in [4.78, 5) is 16.4. The number of hydrogen-bond donors (Lipinski definition) is 1. The van der Waals surface area contributed by atoms with Crippen molar-refractivity contribution in [2.24, 2.45) is 5.34 Å². The van der Waals surface area contributed by atoms with E-state index in [-0.39, 0.29) is 43.2 Å². The quantitative estimate of drug-likeness (QED) is 0.219. The third-order valence-electron chi connectivity index (χ3n) is 0. The fourth-order valence-electron chi connectivity index (χ4n) is 0. The molecule has 0 rings (SSSR count). The van der Waals surface area contributed by atoms with Crippen LogP contribution in [-0.2, 0) is 0 Å². The Morgan fingerprint density at radius 2 is 1.44 bits per heavy atom. The van der Waals surface area contributed by atoms with Gasteiger partial charge in [-0.1, -0.05) is 0 Å². The molecule has 0 saturated heterocycles. The summed E-state index contributed by atoms with van der Waals surface area (Å²) in [6.45, 7) is 0. The SMILES string of the molecule is O=NO.O=[N+]([O-])[O-].[Ca+2].[OH-]. The van der Waals surface area contributed by atoms with E-state index in [1.165, 1.54) is 5.34 Å². The summed E-state index contributed by atoms with van der Waals surface area (Å²) < 4.78 is 0. The van der Waals surface area contributed by atoms with Gasteiger partial charge in [0, 0.05) is 0 Å². The largest absolute Gasteiger partial charge is 2.00 e. The van der Waals surface area contributed by atoms with E-state index in [0.717, 1.165) is 0 Å². The van der Waals surface area contributed by atoms with E-state index in [2.05, 4.69) is 0 Å². The zero-order valence-electron chi connectivity index (χ0n) is 4.13. The monoisotopic (exact) mass is 166 g/mol. The van der Waals surface area contributed by atoms with Crippen molar-refractivity contribution in [1.82, 2.24) is 0 Å². The third-order valence-corrected chi connectivity index (χ3v) is 0. The normalized spacial score (nSPS) is 4.00. The first-order valence-corrected chi connectivity index (χ1v) is 0.930. The Balaban J connectivity index is -0.0000000233. The van der Waals surface area contributed by atoms with Crippen LogP contribution in [0.3, 0.4) is 0 Å². The number of rotatable bonds is 0. The van der Waals surface area contributed by atoms with Crippen LogP contribution in [0.15, 0.2) is 5.34 Å². The summed E-state index contributed by atoms with van der Waals surface area (Å²) in [6.07, 6.45) is 0. The standard InChI is InChI=1S/Ca.NO3.HNO2.H2O/c;2-1(3)4;2-1-3;/h;;(H,2,3);1H2/q+2;-1;;/p-1. The minimum absolute atomic E-state index is 0. The molecule has 0 heterocycles. The van der Waals surface area contributed by atoms with Crippen LogP contribution < -0.4 is 0 Å². The Morgan fingerprint density at radius 3 is 1.44 bits per heavy atom. The molecule has 0 aliphatic rings. The van der Waals surface area contributed by atoms with Crippen LogP contribution in [0.5, 0.6) is 0 Å². The van der Waals surface area contributed by atoms with E-state index >= 15 is 0 Å². The third kappa shape index (κ3) is 8150. The molecule has 0 radical (unpaired) electrons. The van der Waals surface area contributed by atoms with Crippen molar-refractivity contribution >= 4 is 37.7 Å². The molecule has 50 valence electrons. The molecule has 0 saturated carbocycles. The van der Waals surface area contributed by atoms with Gasteiger partial charge in [0.05, 0.1) is 5.09 Å². The summed E-state index contributed by atoms with van der Waals surface area (Å²) >= 11 is 0. The smallest absolute Gasteiger partial charge is 0.870 e. The molecule has 0 spiro atoms. The topological polar surface area (TPSA) is 146 Å². The minimum Gasteiger partial charge on any atom is -0.870 e. The maximum Gasteiger partial charge on any atom is 2.00 e. The molecule has 0 aromatic carbocycles. The minimum atomic E-state index is -1.75. The van der Waals surface area contributed by atoms with E-state index in [0.29, 0.717) is 0 Å². The Bertz CT molecular complexity index is 58.1. The second-order valence-electron chi connectivity index (χ2n) is 0.305. The fraction of sp³-hybridized carbons (Fsp3) is 0. The molecule has 2 N–H and O–H groups in total. The van der Waals surface area contributed by atoms with Crippen molar-refractivity contribution in [2.45, 2.75) is 0 Å². The Kier molecular flexibility index (Phi) is 64.3. The van der Waals surface area contributed by atoms with Gasteiger partial charge in [-0.25, -0.2) is 0 Å². The molecule has 0 aromatic rings. The van der Waals surface area contributed by atoms with E-state index < -0.39 is 5.09 Å². The zero-order chi connectivity index (χ0) is 6.28. The first-order chi connectivity index (χ1) is 3.15. The maximum atomic E-state index is 8.25. The van der Waals surface area contributed by atoms with Gasteiger partial charge in [-0.15, -0.1) is 4.91 Å². The van der Waals surface area contributed by atoms with Crippen LogP contribution >= 0.6 is 0 Å². The van der Waals surface area contributed by atoms with Crippen molar-refractivity contribution in [3.8, 4) is 0 Å². The Hall–Kier alpha value is -0.180. The van der Waals surface area contributed by atoms with Crippen molar-refractivity contribution in [1.29, 1.82) is 0 Å². The van der Waals surface area contributed by atoms with Gasteiger partial charge in [0.2, 0.25) is 0 Å². The Morgan fingerprint density at radius 1 is 1.44 bits per heavy atom. The van der Waals surface area contributed by atoms with Crippen molar-refractivity contribution in [3.05, 3.63) is 20.2 Å². The van der Waals surface area contributed by atoms with E-state index in [1.54, 1.807) is 0 Å². The van der Waals surface area contributed by atoms with Gasteiger partial charge in [-0.2, -0.15) is 0 Å². The predicted octanol–water partition coefficient (Wildman–Crippen LogP) is -0.655. The molecule has 9 heteroatoms. The van der Waals surface area contributed by atoms with Gasteiger partial charge in [0.1, 0.15) is 0 Å². The van der Waals surface area contributed by atoms with E-state index in [9.17, 15) is 0 Å². The summed E-state index contributed by atoms with van der Waals surface area (Å²) in [5.41, 5.74) is 0. The van der Waals surface area contributed by atoms with Crippen molar-refractivity contribution < 1.29 is 15.8 Å². The number of hydrogen-bond acceptors (Lipinski definition) is 6. The van der Waals surface area contributed by atoms with Gasteiger partial charge < -0.3 is 26.0 Å². The van der Waals surface area contributed by atoms with Crippen LogP contribution in [0.4, 0.5) is 0 Å². The molecular formula is H2CaN2O6. The summed E-state index contributed by atoms with van der Waals surface area (Å²) in [6, 6.07) is 0.